The maximum absolute atomic E-state index is 5.70. The summed E-state index contributed by atoms with van der Waals surface area (Å²) >= 11 is 4.92. The van der Waals surface area contributed by atoms with Crippen molar-refractivity contribution in [3.8, 4) is 16.9 Å². The van der Waals surface area contributed by atoms with Crippen molar-refractivity contribution < 1.29 is 4.74 Å². The van der Waals surface area contributed by atoms with Gasteiger partial charge in [-0.1, -0.05) is 43.3 Å². The SMILES string of the molecule is CCCOc1ccc(-c2ccccc2)cc1NC(N)=S. The number of anilines is 1. The van der Waals surface area contributed by atoms with E-state index in [-0.39, 0.29) is 5.11 Å². The molecule has 0 amide bonds. The second-order valence-electron chi connectivity index (χ2n) is 4.41. The predicted molar refractivity (Wildman–Crippen MR) is 88.1 cm³/mol. The Bertz CT molecular complexity index is 584. The molecule has 0 aliphatic heterocycles. The fraction of sp³-hybridized carbons (Fsp3) is 0.188. The molecule has 0 bridgehead atoms. The van der Waals surface area contributed by atoms with Crippen LogP contribution in [0.3, 0.4) is 0 Å². The normalized spacial score (nSPS) is 10.1. The highest BCUT2D eigenvalue weighted by Crippen LogP contribution is 2.30. The maximum Gasteiger partial charge on any atom is 0.168 e. The summed E-state index contributed by atoms with van der Waals surface area (Å²) in [7, 11) is 0. The Kier molecular flexibility index (Phi) is 4.96. The number of nitrogens with two attached hydrogens (primary N) is 1. The quantitative estimate of drug-likeness (QED) is 0.821. The molecule has 0 atom stereocenters. The van der Waals surface area contributed by atoms with Crippen molar-refractivity contribution in [2.75, 3.05) is 11.9 Å². The van der Waals surface area contributed by atoms with E-state index in [1.807, 2.05) is 36.4 Å². The monoisotopic (exact) mass is 286 g/mol. The molecule has 3 N–H and O–H groups in total. The highest BCUT2D eigenvalue weighted by molar-refractivity contribution is 7.80. The van der Waals surface area contributed by atoms with Crippen LogP contribution in [-0.4, -0.2) is 11.7 Å². The van der Waals surface area contributed by atoms with E-state index in [0.29, 0.717) is 6.61 Å². The van der Waals surface area contributed by atoms with Crippen LogP contribution in [0.1, 0.15) is 13.3 Å². The molecule has 0 saturated carbocycles. The van der Waals surface area contributed by atoms with Gasteiger partial charge in [-0.05, 0) is 41.9 Å². The molecular weight excluding hydrogens is 268 g/mol. The van der Waals surface area contributed by atoms with E-state index in [1.165, 1.54) is 0 Å². The lowest BCUT2D eigenvalue weighted by atomic mass is 10.0. The van der Waals surface area contributed by atoms with Crippen molar-refractivity contribution in [1.29, 1.82) is 0 Å². The Morgan fingerprint density at radius 2 is 1.90 bits per heavy atom. The second kappa shape index (κ2) is 6.91. The van der Waals surface area contributed by atoms with Crippen molar-refractivity contribution in [3.63, 3.8) is 0 Å². The molecule has 104 valence electrons. The summed E-state index contributed by atoms with van der Waals surface area (Å²) in [5, 5.41) is 3.21. The van der Waals surface area contributed by atoms with Crippen LogP contribution in [-0.2, 0) is 0 Å². The van der Waals surface area contributed by atoms with Crippen LogP contribution in [0.2, 0.25) is 0 Å². The van der Waals surface area contributed by atoms with E-state index in [4.69, 9.17) is 22.7 Å². The minimum Gasteiger partial charge on any atom is -0.491 e. The van der Waals surface area contributed by atoms with Gasteiger partial charge >= 0.3 is 0 Å². The van der Waals surface area contributed by atoms with Crippen molar-refractivity contribution in [2.45, 2.75) is 13.3 Å². The first-order valence-corrected chi connectivity index (χ1v) is 7.00. The van der Waals surface area contributed by atoms with Gasteiger partial charge in [0.1, 0.15) is 5.75 Å². The third-order valence-electron chi connectivity index (χ3n) is 2.81. The highest BCUT2D eigenvalue weighted by atomic mass is 32.1. The Hall–Kier alpha value is -2.07. The molecule has 0 aliphatic carbocycles. The molecule has 0 aliphatic rings. The third kappa shape index (κ3) is 3.71. The Morgan fingerprint density at radius 1 is 1.15 bits per heavy atom. The highest BCUT2D eigenvalue weighted by Gasteiger charge is 2.07. The van der Waals surface area contributed by atoms with E-state index in [1.54, 1.807) is 0 Å². The van der Waals surface area contributed by atoms with Crippen molar-refractivity contribution in [3.05, 3.63) is 48.5 Å². The van der Waals surface area contributed by atoms with E-state index >= 15 is 0 Å². The molecule has 0 radical (unpaired) electrons. The van der Waals surface area contributed by atoms with Gasteiger partial charge in [0.15, 0.2) is 5.11 Å². The number of thiocarbonyl (C=S) groups is 1. The first-order chi connectivity index (χ1) is 9.70. The van der Waals surface area contributed by atoms with Gasteiger partial charge < -0.3 is 15.8 Å². The minimum absolute atomic E-state index is 0.233. The van der Waals surface area contributed by atoms with Gasteiger partial charge in [0.05, 0.1) is 12.3 Å². The smallest absolute Gasteiger partial charge is 0.168 e. The van der Waals surface area contributed by atoms with E-state index in [9.17, 15) is 0 Å². The average Bonchev–Trinajstić information content (AvgIpc) is 2.46. The Morgan fingerprint density at radius 3 is 2.55 bits per heavy atom. The van der Waals surface area contributed by atoms with Crippen LogP contribution in [0.5, 0.6) is 5.75 Å². The fourth-order valence-electron chi connectivity index (χ4n) is 1.91. The lowest BCUT2D eigenvalue weighted by Gasteiger charge is -2.14. The van der Waals surface area contributed by atoms with Gasteiger partial charge in [-0.25, -0.2) is 0 Å². The average molecular weight is 286 g/mol. The van der Waals surface area contributed by atoms with Crippen LogP contribution in [0.4, 0.5) is 5.69 Å². The molecule has 20 heavy (non-hydrogen) atoms. The largest absolute Gasteiger partial charge is 0.491 e. The zero-order chi connectivity index (χ0) is 14.4. The lowest BCUT2D eigenvalue weighted by molar-refractivity contribution is 0.319. The molecular formula is C16H18N2OS. The first kappa shape index (κ1) is 14.3. The number of benzene rings is 2. The van der Waals surface area contributed by atoms with Crippen LogP contribution >= 0.6 is 12.2 Å². The zero-order valence-electron chi connectivity index (χ0n) is 11.4. The molecule has 0 unspecified atom stereocenters. The number of ether oxygens (including phenoxy) is 1. The molecule has 0 fully saturated rings. The molecule has 0 saturated heterocycles. The maximum atomic E-state index is 5.70. The van der Waals surface area contributed by atoms with Crippen molar-refractivity contribution >= 4 is 23.0 Å². The van der Waals surface area contributed by atoms with Crippen LogP contribution in [0, 0.1) is 0 Å². The molecule has 2 aromatic carbocycles. The van der Waals surface area contributed by atoms with Gasteiger partial charge in [-0.15, -0.1) is 0 Å². The standard InChI is InChI=1S/C16H18N2OS/c1-2-10-19-15-9-8-13(11-14(15)18-16(17)20)12-6-4-3-5-7-12/h3-9,11H,2,10H2,1H3,(H3,17,18,20). The molecule has 2 rings (SSSR count). The molecule has 0 heterocycles. The molecule has 3 nitrogen and oxygen atoms in total. The van der Waals surface area contributed by atoms with Gasteiger partial charge in [0.25, 0.3) is 0 Å². The van der Waals surface area contributed by atoms with E-state index < -0.39 is 0 Å². The van der Waals surface area contributed by atoms with Crippen LogP contribution in [0.15, 0.2) is 48.5 Å². The Labute approximate surface area is 124 Å². The minimum atomic E-state index is 0.233. The van der Waals surface area contributed by atoms with Crippen LogP contribution in [0.25, 0.3) is 11.1 Å². The van der Waals surface area contributed by atoms with E-state index in [0.717, 1.165) is 29.0 Å². The number of hydrogen-bond acceptors (Lipinski definition) is 2. The number of nitrogens with one attached hydrogen (secondary N) is 1. The second-order valence-corrected chi connectivity index (χ2v) is 4.85. The molecule has 4 heteroatoms. The summed E-state index contributed by atoms with van der Waals surface area (Å²) in [6.07, 6.45) is 0.951. The topological polar surface area (TPSA) is 47.3 Å². The van der Waals surface area contributed by atoms with Crippen molar-refractivity contribution in [2.24, 2.45) is 5.73 Å². The zero-order valence-corrected chi connectivity index (χ0v) is 12.2. The van der Waals surface area contributed by atoms with Gasteiger partial charge in [-0.3, -0.25) is 0 Å². The summed E-state index contributed by atoms with van der Waals surface area (Å²) < 4.78 is 5.70. The van der Waals surface area contributed by atoms with Gasteiger partial charge in [-0.2, -0.15) is 0 Å². The summed E-state index contributed by atoms with van der Waals surface area (Å²) in [4.78, 5) is 0. The number of rotatable bonds is 5. The summed E-state index contributed by atoms with van der Waals surface area (Å²) in [5.74, 6) is 0.763. The third-order valence-corrected chi connectivity index (χ3v) is 2.91. The summed E-state index contributed by atoms with van der Waals surface area (Å²) in [6.45, 7) is 2.73. The summed E-state index contributed by atoms with van der Waals surface area (Å²) in [6, 6.07) is 16.1. The molecule has 2 aromatic rings. The molecule has 0 aromatic heterocycles. The van der Waals surface area contributed by atoms with Crippen molar-refractivity contribution in [1.82, 2.24) is 0 Å². The fourth-order valence-corrected chi connectivity index (χ4v) is 2.02. The lowest BCUT2D eigenvalue weighted by Crippen LogP contribution is -2.19. The number of hydrogen-bond donors (Lipinski definition) is 2. The first-order valence-electron chi connectivity index (χ1n) is 6.59. The summed E-state index contributed by atoms with van der Waals surface area (Å²) in [5.41, 5.74) is 8.60. The Balaban J connectivity index is 2.35. The van der Waals surface area contributed by atoms with Crippen LogP contribution < -0.4 is 15.8 Å². The molecule has 0 spiro atoms. The predicted octanol–water partition coefficient (Wildman–Crippen LogP) is 3.80. The van der Waals surface area contributed by atoms with E-state index in [2.05, 4.69) is 24.4 Å². The van der Waals surface area contributed by atoms with Gasteiger partial charge in [0, 0.05) is 0 Å². The van der Waals surface area contributed by atoms with Gasteiger partial charge in [0.2, 0.25) is 0 Å².